The van der Waals surface area contributed by atoms with Gasteiger partial charge in [-0.3, -0.25) is 4.79 Å². The Hall–Kier alpha value is -0.830. The normalized spacial score (nSPS) is 32.8. The van der Waals surface area contributed by atoms with Gasteiger partial charge in [0.05, 0.1) is 10.7 Å². The molecule has 1 atom stereocenters. The first-order valence-corrected chi connectivity index (χ1v) is 13.4. The van der Waals surface area contributed by atoms with E-state index in [1.54, 1.807) is 6.92 Å². The predicted octanol–water partition coefficient (Wildman–Crippen LogP) is 5.45. The molecule has 188 valence electrons. The molecule has 4 aliphatic carbocycles. The van der Waals surface area contributed by atoms with Crippen molar-refractivity contribution < 1.29 is 31.1 Å². The summed E-state index contributed by atoms with van der Waals surface area (Å²) in [5, 5.41) is -0.796. The lowest BCUT2D eigenvalue weighted by Crippen LogP contribution is -2.58. The SMILES string of the molecule is CCC(C)(C)C(=O)OC1(C)C2CC3CC(C2)CC1C3.CCC(C)S(=O)(=O)NCC(F)(F)F. The highest BCUT2D eigenvalue weighted by atomic mass is 32.2. The molecule has 5 nitrogen and oxygen atoms in total. The van der Waals surface area contributed by atoms with E-state index in [0.29, 0.717) is 11.8 Å². The lowest BCUT2D eigenvalue weighted by Gasteiger charge is -2.59. The summed E-state index contributed by atoms with van der Waals surface area (Å²) < 4.78 is 64.5. The summed E-state index contributed by atoms with van der Waals surface area (Å²) in [5.74, 6) is 3.12. The minimum Gasteiger partial charge on any atom is -0.458 e. The molecule has 0 spiro atoms. The Bertz CT molecular complexity index is 736. The van der Waals surface area contributed by atoms with Gasteiger partial charge < -0.3 is 4.74 Å². The summed E-state index contributed by atoms with van der Waals surface area (Å²) in [6.07, 6.45) is 3.26. The first kappa shape index (κ1) is 27.4. The maximum absolute atomic E-state index is 12.5. The fraction of sp³-hybridized carbons (Fsp3) is 0.957. The van der Waals surface area contributed by atoms with Crippen molar-refractivity contribution in [1.29, 1.82) is 0 Å². The van der Waals surface area contributed by atoms with Gasteiger partial charge >= 0.3 is 12.1 Å². The number of rotatable bonds is 7. The molecule has 0 aromatic rings. The molecule has 0 saturated heterocycles. The summed E-state index contributed by atoms with van der Waals surface area (Å²) in [7, 11) is -3.81. The topological polar surface area (TPSA) is 72.5 Å². The molecular formula is C23H40F3NO4S. The molecule has 0 aliphatic heterocycles. The van der Waals surface area contributed by atoms with E-state index in [1.807, 2.05) is 13.8 Å². The van der Waals surface area contributed by atoms with E-state index in [9.17, 15) is 26.4 Å². The van der Waals surface area contributed by atoms with Gasteiger partial charge in [0.25, 0.3) is 0 Å². The van der Waals surface area contributed by atoms with Crippen LogP contribution in [0.25, 0.3) is 0 Å². The number of nitrogens with one attached hydrogen (secondary N) is 1. The van der Waals surface area contributed by atoms with Crippen molar-refractivity contribution in [2.75, 3.05) is 6.54 Å². The lowest BCUT2D eigenvalue weighted by molar-refractivity contribution is -0.211. The van der Waals surface area contributed by atoms with E-state index in [4.69, 9.17) is 4.74 Å². The Kier molecular flexibility index (Phi) is 8.40. The summed E-state index contributed by atoms with van der Waals surface area (Å²) in [6.45, 7) is 9.77. The van der Waals surface area contributed by atoms with Crippen LogP contribution in [0.15, 0.2) is 0 Å². The summed E-state index contributed by atoms with van der Waals surface area (Å²) in [5.41, 5.74) is -0.505. The highest BCUT2D eigenvalue weighted by Gasteiger charge is 2.57. The van der Waals surface area contributed by atoms with E-state index in [-0.39, 0.29) is 23.4 Å². The van der Waals surface area contributed by atoms with Crippen molar-refractivity contribution in [3.8, 4) is 0 Å². The standard InChI is InChI=1S/C17H28O2.C6H12F3NO2S/c1-5-16(2,3)15(18)19-17(4)13-7-11-6-12(9-13)10-14(17)8-11;1-3-5(2)13(11,12)10-4-6(7,8)9/h11-14H,5-10H2,1-4H3;5,10H,3-4H2,1-2H3. The van der Waals surface area contributed by atoms with Crippen LogP contribution in [-0.2, 0) is 19.6 Å². The first-order valence-electron chi connectivity index (χ1n) is 11.8. The molecule has 4 bridgehead atoms. The Balaban J connectivity index is 0.000000247. The maximum Gasteiger partial charge on any atom is 0.402 e. The number of carbonyl (C=O) groups is 1. The average Bonchev–Trinajstić information content (AvgIpc) is 2.69. The predicted molar refractivity (Wildman–Crippen MR) is 118 cm³/mol. The van der Waals surface area contributed by atoms with Crippen molar-refractivity contribution in [1.82, 2.24) is 4.72 Å². The largest absolute Gasteiger partial charge is 0.458 e. The second kappa shape index (κ2) is 9.80. The zero-order valence-corrected chi connectivity index (χ0v) is 21.0. The number of hydrogen-bond acceptors (Lipinski definition) is 4. The molecule has 32 heavy (non-hydrogen) atoms. The van der Waals surface area contributed by atoms with Gasteiger partial charge in [-0.25, -0.2) is 13.1 Å². The van der Waals surface area contributed by atoms with Crippen molar-refractivity contribution >= 4 is 16.0 Å². The molecule has 9 heteroatoms. The van der Waals surface area contributed by atoms with Crippen molar-refractivity contribution in [2.24, 2.45) is 29.1 Å². The second-order valence-corrected chi connectivity index (χ2v) is 13.0. The lowest BCUT2D eigenvalue weighted by atomic mass is 9.50. The maximum atomic E-state index is 12.5. The van der Waals surface area contributed by atoms with Crippen LogP contribution in [-0.4, -0.2) is 38.0 Å². The summed E-state index contributed by atoms with van der Waals surface area (Å²) in [6, 6.07) is 0. The van der Waals surface area contributed by atoms with Crippen LogP contribution < -0.4 is 4.72 Å². The summed E-state index contributed by atoms with van der Waals surface area (Å²) >= 11 is 0. The van der Waals surface area contributed by atoms with Gasteiger partial charge in [0, 0.05) is 0 Å². The van der Waals surface area contributed by atoms with Gasteiger partial charge in [-0.05, 0) is 96.3 Å². The van der Waals surface area contributed by atoms with Crippen LogP contribution in [0.3, 0.4) is 0 Å². The molecule has 0 heterocycles. The molecule has 4 aliphatic rings. The van der Waals surface area contributed by atoms with Crippen LogP contribution in [0.2, 0.25) is 0 Å². The average molecular weight is 484 g/mol. The minimum atomic E-state index is -4.50. The molecule has 1 N–H and O–H groups in total. The quantitative estimate of drug-likeness (QED) is 0.489. The van der Waals surface area contributed by atoms with E-state index in [0.717, 1.165) is 18.3 Å². The van der Waals surface area contributed by atoms with Crippen LogP contribution in [0.1, 0.15) is 86.5 Å². The van der Waals surface area contributed by atoms with Gasteiger partial charge in [0.1, 0.15) is 12.1 Å². The van der Waals surface area contributed by atoms with E-state index >= 15 is 0 Å². The van der Waals surface area contributed by atoms with Gasteiger partial charge in [-0.15, -0.1) is 0 Å². The molecule has 4 fully saturated rings. The zero-order valence-electron chi connectivity index (χ0n) is 20.2. The molecule has 0 amide bonds. The van der Waals surface area contributed by atoms with Crippen LogP contribution in [0.5, 0.6) is 0 Å². The van der Waals surface area contributed by atoms with Gasteiger partial charge in [0.15, 0.2) is 0 Å². The number of alkyl halides is 3. The Labute approximate surface area is 191 Å². The van der Waals surface area contributed by atoms with E-state index in [2.05, 4.69) is 13.8 Å². The molecular weight excluding hydrogens is 443 g/mol. The van der Waals surface area contributed by atoms with Gasteiger partial charge in [-0.2, -0.15) is 13.2 Å². The second-order valence-electron chi connectivity index (χ2n) is 10.8. The third-order valence-electron chi connectivity index (χ3n) is 8.09. The van der Waals surface area contributed by atoms with E-state index < -0.39 is 28.0 Å². The van der Waals surface area contributed by atoms with Crippen molar-refractivity contribution in [3.63, 3.8) is 0 Å². The number of sulfonamides is 1. The highest BCUT2D eigenvalue weighted by molar-refractivity contribution is 7.90. The van der Waals surface area contributed by atoms with E-state index in [1.165, 1.54) is 43.7 Å². The first-order chi connectivity index (χ1) is 14.5. The third kappa shape index (κ3) is 6.39. The van der Waals surface area contributed by atoms with Gasteiger partial charge in [0.2, 0.25) is 10.0 Å². The van der Waals surface area contributed by atoms with Crippen LogP contribution >= 0.6 is 0 Å². The number of hydrogen-bond donors (Lipinski definition) is 1. The minimum absolute atomic E-state index is 0.0185. The smallest absolute Gasteiger partial charge is 0.402 e. The number of halogens is 3. The van der Waals surface area contributed by atoms with Crippen LogP contribution in [0.4, 0.5) is 13.2 Å². The monoisotopic (exact) mass is 483 g/mol. The Morgan fingerprint density at radius 1 is 1.06 bits per heavy atom. The Morgan fingerprint density at radius 3 is 1.91 bits per heavy atom. The fourth-order valence-corrected chi connectivity index (χ4v) is 6.40. The van der Waals surface area contributed by atoms with Gasteiger partial charge in [-0.1, -0.05) is 13.8 Å². The molecule has 0 aromatic carbocycles. The molecule has 0 aromatic heterocycles. The van der Waals surface area contributed by atoms with Crippen molar-refractivity contribution in [2.45, 2.75) is 104 Å². The molecule has 0 radical (unpaired) electrons. The number of carbonyl (C=O) groups excluding carboxylic acids is 1. The fourth-order valence-electron chi connectivity index (χ4n) is 5.31. The molecule has 1 unspecified atom stereocenters. The molecule has 4 saturated carbocycles. The number of esters is 1. The Morgan fingerprint density at radius 2 is 1.53 bits per heavy atom. The zero-order chi connectivity index (χ0) is 24.5. The van der Waals surface area contributed by atoms with Crippen LogP contribution in [0, 0.1) is 29.1 Å². The number of ether oxygens (including phenoxy) is 1. The van der Waals surface area contributed by atoms with Crippen molar-refractivity contribution in [3.05, 3.63) is 0 Å². The summed E-state index contributed by atoms with van der Waals surface area (Å²) in [4.78, 5) is 12.5. The molecule has 4 rings (SSSR count). The highest BCUT2D eigenvalue weighted by Crippen LogP contribution is 2.59. The third-order valence-corrected chi connectivity index (χ3v) is 10.0.